The number of likely N-dealkylation sites (N-methyl/N-ethyl adjacent to an activating group) is 1. The normalized spacial score (nSPS) is 18.7. The van der Waals surface area contributed by atoms with E-state index in [1.165, 1.54) is 0 Å². The summed E-state index contributed by atoms with van der Waals surface area (Å²) in [4.78, 5) is 40.9. The van der Waals surface area contributed by atoms with Crippen molar-refractivity contribution in [2.75, 3.05) is 52.4 Å². The lowest BCUT2D eigenvalue weighted by atomic mass is 10.1. The summed E-state index contributed by atoms with van der Waals surface area (Å²) >= 11 is 3.41. The topological polar surface area (TPSA) is 93.2 Å². The van der Waals surface area contributed by atoms with Gasteiger partial charge < -0.3 is 20.2 Å². The van der Waals surface area contributed by atoms with E-state index in [4.69, 9.17) is 9.90 Å². The highest BCUT2D eigenvalue weighted by Crippen LogP contribution is 2.20. The van der Waals surface area contributed by atoms with Crippen molar-refractivity contribution in [3.05, 3.63) is 34.3 Å². The number of carboxylic acid groups (broad SMARTS) is 1. The van der Waals surface area contributed by atoms with Crippen LogP contribution in [0.1, 0.15) is 30.1 Å². The van der Waals surface area contributed by atoms with Crippen LogP contribution in [0.5, 0.6) is 0 Å². The van der Waals surface area contributed by atoms with Crippen molar-refractivity contribution >= 4 is 33.7 Å². The minimum Gasteiger partial charge on any atom is -0.475 e. The number of alkyl halides is 3. The third-order valence-corrected chi connectivity index (χ3v) is 6.28. The molecule has 1 atom stereocenters. The van der Waals surface area contributed by atoms with E-state index in [-0.39, 0.29) is 18.4 Å². The Labute approximate surface area is 205 Å². The number of rotatable bonds is 6. The summed E-state index contributed by atoms with van der Waals surface area (Å²) in [6.07, 6.45) is -2.84. The number of halogens is 4. The second-order valence-electron chi connectivity index (χ2n) is 8.05. The first-order valence-corrected chi connectivity index (χ1v) is 11.9. The van der Waals surface area contributed by atoms with E-state index in [1.54, 1.807) is 4.90 Å². The van der Waals surface area contributed by atoms with E-state index in [1.807, 2.05) is 29.2 Å². The largest absolute Gasteiger partial charge is 0.490 e. The lowest BCUT2D eigenvalue weighted by Gasteiger charge is -2.33. The van der Waals surface area contributed by atoms with Gasteiger partial charge in [0, 0.05) is 48.8 Å². The Morgan fingerprint density at radius 3 is 2.26 bits per heavy atom. The number of likely N-dealkylation sites (tertiary alicyclic amines) is 1. The number of piperazine rings is 1. The molecular formula is C22H30BrF3N4O4. The molecule has 0 bridgehead atoms. The standard InChI is InChI=1S/C20H29BrN4O2.C2HF3O2/c1-2-23-11-3-4-18(23)14-25(15-19(26)24-12-9-22-10-13-24)20(27)16-5-7-17(21)8-6-16;3-2(4,5)1(6)7/h5-8,18,22H,2-4,9-15H2,1H3;(H,6,7). The Bertz CT molecular complexity index is 832. The third-order valence-electron chi connectivity index (χ3n) is 5.75. The molecule has 0 radical (unpaired) electrons. The van der Waals surface area contributed by atoms with Crippen LogP contribution in [0.25, 0.3) is 0 Å². The molecule has 8 nitrogen and oxygen atoms in total. The summed E-state index contributed by atoms with van der Waals surface area (Å²) in [5, 5.41) is 10.4. The first-order chi connectivity index (χ1) is 16.0. The summed E-state index contributed by atoms with van der Waals surface area (Å²) < 4.78 is 32.7. The summed E-state index contributed by atoms with van der Waals surface area (Å²) in [7, 11) is 0. The number of nitrogens with one attached hydrogen (secondary N) is 1. The number of nitrogens with zero attached hydrogens (tertiary/aromatic N) is 3. The zero-order valence-corrected chi connectivity index (χ0v) is 20.6. The smallest absolute Gasteiger partial charge is 0.475 e. The molecule has 0 saturated carbocycles. The van der Waals surface area contributed by atoms with Crippen LogP contribution >= 0.6 is 15.9 Å². The van der Waals surface area contributed by atoms with Crippen LogP contribution in [0.4, 0.5) is 13.2 Å². The molecule has 2 aliphatic rings. The second-order valence-corrected chi connectivity index (χ2v) is 8.97. The Morgan fingerprint density at radius 1 is 1.15 bits per heavy atom. The molecule has 2 saturated heterocycles. The maximum absolute atomic E-state index is 13.2. The lowest BCUT2D eigenvalue weighted by Crippen LogP contribution is -2.52. The number of carboxylic acids is 1. The van der Waals surface area contributed by atoms with Gasteiger partial charge >= 0.3 is 12.1 Å². The molecule has 12 heteroatoms. The van der Waals surface area contributed by atoms with Gasteiger partial charge in [0.1, 0.15) is 6.54 Å². The maximum Gasteiger partial charge on any atom is 0.490 e. The number of hydrogen-bond acceptors (Lipinski definition) is 5. The predicted octanol–water partition coefficient (Wildman–Crippen LogP) is 2.44. The van der Waals surface area contributed by atoms with Crippen LogP contribution in [0.15, 0.2) is 28.7 Å². The fourth-order valence-corrected chi connectivity index (χ4v) is 4.21. The minimum absolute atomic E-state index is 0.0445. The number of aliphatic carboxylic acids is 1. The van der Waals surface area contributed by atoms with Gasteiger partial charge in [-0.05, 0) is 50.2 Å². The minimum atomic E-state index is -5.08. The Balaban J connectivity index is 0.000000509. The molecule has 2 amide bonds. The molecule has 1 unspecified atom stereocenters. The van der Waals surface area contributed by atoms with Gasteiger partial charge in [-0.1, -0.05) is 22.9 Å². The van der Waals surface area contributed by atoms with Gasteiger partial charge in [-0.3, -0.25) is 14.5 Å². The zero-order chi connectivity index (χ0) is 25.3. The van der Waals surface area contributed by atoms with Crippen molar-refractivity contribution in [3.63, 3.8) is 0 Å². The van der Waals surface area contributed by atoms with Crippen LogP contribution < -0.4 is 5.32 Å². The van der Waals surface area contributed by atoms with Crippen LogP contribution in [0.3, 0.4) is 0 Å². The third kappa shape index (κ3) is 8.55. The van der Waals surface area contributed by atoms with E-state index in [2.05, 4.69) is 33.1 Å². The summed E-state index contributed by atoms with van der Waals surface area (Å²) in [5.74, 6) is -2.77. The van der Waals surface area contributed by atoms with Crippen molar-refractivity contribution in [2.45, 2.75) is 32.0 Å². The van der Waals surface area contributed by atoms with Crippen molar-refractivity contribution in [3.8, 4) is 0 Å². The molecule has 34 heavy (non-hydrogen) atoms. The highest BCUT2D eigenvalue weighted by atomic mass is 79.9. The van der Waals surface area contributed by atoms with E-state index in [0.29, 0.717) is 31.2 Å². The molecule has 1 aromatic rings. The van der Waals surface area contributed by atoms with Crippen molar-refractivity contribution in [1.82, 2.24) is 20.0 Å². The number of carbonyl (C=O) groups is 3. The van der Waals surface area contributed by atoms with Gasteiger partial charge in [0.2, 0.25) is 5.91 Å². The van der Waals surface area contributed by atoms with Gasteiger partial charge in [0.25, 0.3) is 5.91 Å². The van der Waals surface area contributed by atoms with E-state index >= 15 is 0 Å². The fraction of sp³-hybridized carbons (Fsp3) is 0.591. The Kier molecular flexibility index (Phi) is 10.8. The van der Waals surface area contributed by atoms with Gasteiger partial charge in [-0.25, -0.2) is 4.79 Å². The molecule has 2 aliphatic heterocycles. The number of hydrogen-bond donors (Lipinski definition) is 2. The van der Waals surface area contributed by atoms with Crippen LogP contribution in [-0.4, -0.2) is 102 Å². The maximum atomic E-state index is 13.2. The lowest BCUT2D eigenvalue weighted by molar-refractivity contribution is -0.192. The quantitative estimate of drug-likeness (QED) is 0.565. The highest BCUT2D eigenvalue weighted by Gasteiger charge is 2.38. The molecule has 0 aromatic heterocycles. The van der Waals surface area contributed by atoms with E-state index < -0.39 is 12.1 Å². The number of carbonyl (C=O) groups excluding carboxylic acids is 2. The predicted molar refractivity (Wildman–Crippen MR) is 123 cm³/mol. The van der Waals surface area contributed by atoms with Crippen molar-refractivity contribution in [1.29, 1.82) is 0 Å². The first kappa shape index (κ1) is 28.1. The molecule has 2 fully saturated rings. The molecule has 2 N–H and O–H groups in total. The van der Waals surface area contributed by atoms with Gasteiger partial charge in [0.15, 0.2) is 0 Å². The van der Waals surface area contributed by atoms with E-state index in [0.717, 1.165) is 43.5 Å². The van der Waals surface area contributed by atoms with Gasteiger partial charge in [-0.15, -0.1) is 0 Å². The molecule has 0 spiro atoms. The SMILES string of the molecule is CCN1CCCC1CN(CC(=O)N1CCNCC1)C(=O)c1ccc(Br)cc1.O=C(O)C(F)(F)F. The first-order valence-electron chi connectivity index (χ1n) is 11.1. The molecule has 1 aromatic carbocycles. The van der Waals surface area contributed by atoms with Crippen LogP contribution in [0, 0.1) is 0 Å². The summed E-state index contributed by atoms with van der Waals surface area (Å²) in [5.41, 5.74) is 0.632. The Hall–Kier alpha value is -2.18. The molecule has 0 aliphatic carbocycles. The average Bonchev–Trinajstić information content (AvgIpc) is 3.26. The monoisotopic (exact) mass is 550 g/mol. The zero-order valence-electron chi connectivity index (χ0n) is 19.0. The van der Waals surface area contributed by atoms with Gasteiger partial charge in [0.05, 0.1) is 0 Å². The van der Waals surface area contributed by atoms with Crippen LogP contribution in [-0.2, 0) is 9.59 Å². The molecular weight excluding hydrogens is 521 g/mol. The number of amides is 2. The Morgan fingerprint density at radius 2 is 1.74 bits per heavy atom. The van der Waals surface area contributed by atoms with E-state index in [9.17, 15) is 22.8 Å². The van der Waals surface area contributed by atoms with Crippen molar-refractivity contribution < 1.29 is 32.7 Å². The fourth-order valence-electron chi connectivity index (χ4n) is 3.94. The second kappa shape index (κ2) is 13.1. The number of benzene rings is 1. The van der Waals surface area contributed by atoms with Crippen LogP contribution in [0.2, 0.25) is 0 Å². The molecule has 3 rings (SSSR count). The van der Waals surface area contributed by atoms with Crippen molar-refractivity contribution in [2.24, 2.45) is 0 Å². The summed E-state index contributed by atoms with van der Waals surface area (Å²) in [6, 6.07) is 7.72. The summed E-state index contributed by atoms with van der Waals surface area (Å²) in [6.45, 7) is 8.04. The molecule has 2 heterocycles. The average molecular weight is 551 g/mol. The molecule has 190 valence electrons. The highest BCUT2D eigenvalue weighted by molar-refractivity contribution is 9.10. The van der Waals surface area contributed by atoms with Gasteiger partial charge in [-0.2, -0.15) is 13.2 Å².